The molecule has 6 heteroatoms. The van der Waals surface area contributed by atoms with E-state index in [1.54, 1.807) is 30.0 Å². The van der Waals surface area contributed by atoms with Crippen LogP contribution in [0.15, 0.2) is 60.1 Å². The van der Waals surface area contributed by atoms with E-state index in [0.29, 0.717) is 13.0 Å². The van der Waals surface area contributed by atoms with Crippen LogP contribution >= 0.6 is 11.8 Å². The largest absolute Gasteiger partial charge is 0.481 e. The predicted molar refractivity (Wildman–Crippen MR) is 108 cm³/mol. The molecule has 1 aromatic rings. The Morgan fingerprint density at radius 3 is 2.74 bits per heavy atom. The van der Waals surface area contributed by atoms with E-state index in [0.717, 1.165) is 21.6 Å². The molecular weight excluding hydrogens is 362 g/mol. The average molecular weight is 388 g/mol. The number of likely N-dealkylation sites (tertiary alicyclic amines) is 1. The van der Waals surface area contributed by atoms with Gasteiger partial charge in [0.05, 0.1) is 12.0 Å². The molecule has 5 nitrogen and oxygen atoms in total. The van der Waals surface area contributed by atoms with Crippen LogP contribution in [0.25, 0.3) is 0 Å². The van der Waals surface area contributed by atoms with Gasteiger partial charge in [0.15, 0.2) is 0 Å². The number of nitrogens with zero attached hydrogens (tertiary/aromatic N) is 1. The molecule has 144 valence electrons. The minimum absolute atomic E-state index is 0.0686. The highest BCUT2D eigenvalue weighted by molar-refractivity contribution is 7.98. The maximum Gasteiger partial charge on any atom is 0.410 e. The van der Waals surface area contributed by atoms with E-state index in [-0.39, 0.29) is 6.61 Å². The van der Waals surface area contributed by atoms with Crippen molar-refractivity contribution in [3.05, 3.63) is 66.3 Å². The van der Waals surface area contributed by atoms with Gasteiger partial charge in [-0.2, -0.15) is 0 Å². The van der Waals surface area contributed by atoms with Gasteiger partial charge in [-0.3, -0.25) is 4.79 Å². The van der Waals surface area contributed by atoms with Crippen molar-refractivity contribution in [2.24, 2.45) is 5.92 Å². The summed E-state index contributed by atoms with van der Waals surface area (Å²) in [4.78, 5) is 27.1. The number of benzene rings is 1. The molecule has 1 amide bonds. The zero-order chi connectivity index (χ0) is 20.0. The van der Waals surface area contributed by atoms with Gasteiger partial charge in [-0.05, 0) is 42.4 Å². The number of carboxylic acids is 1. The van der Waals surface area contributed by atoms with Gasteiger partial charge >= 0.3 is 12.1 Å². The summed E-state index contributed by atoms with van der Waals surface area (Å²) in [6.07, 6.45) is 6.77. The molecule has 0 aliphatic carbocycles. The summed E-state index contributed by atoms with van der Waals surface area (Å²) in [6.45, 7) is 9.68. The number of rotatable bonds is 7. The molecule has 2 unspecified atom stereocenters. The molecule has 1 aliphatic heterocycles. The van der Waals surface area contributed by atoms with Crippen LogP contribution in [-0.2, 0) is 9.53 Å². The predicted octanol–water partition coefficient (Wildman–Crippen LogP) is 4.60. The van der Waals surface area contributed by atoms with Gasteiger partial charge < -0.3 is 14.7 Å². The van der Waals surface area contributed by atoms with Crippen LogP contribution in [0.1, 0.15) is 23.6 Å². The first-order valence-electron chi connectivity index (χ1n) is 8.68. The Kier molecular flexibility index (Phi) is 7.30. The van der Waals surface area contributed by atoms with E-state index < -0.39 is 24.0 Å². The number of hydrogen-bond donors (Lipinski definition) is 1. The van der Waals surface area contributed by atoms with Gasteiger partial charge in [0.25, 0.3) is 0 Å². The lowest BCUT2D eigenvalue weighted by molar-refractivity contribution is -0.142. The van der Waals surface area contributed by atoms with Crippen molar-refractivity contribution in [3.8, 4) is 0 Å². The number of amides is 1. The Bertz CT molecular complexity index is 771. The third-order valence-electron chi connectivity index (χ3n) is 4.77. The maximum atomic E-state index is 12.7. The van der Waals surface area contributed by atoms with Gasteiger partial charge in [0.1, 0.15) is 6.61 Å². The summed E-state index contributed by atoms with van der Waals surface area (Å²) in [6, 6.07) is 5.25. The molecule has 1 fully saturated rings. The molecule has 0 saturated carbocycles. The zero-order valence-corrected chi connectivity index (χ0v) is 16.5. The molecular formula is C21H25NO4S. The van der Waals surface area contributed by atoms with E-state index in [9.17, 15) is 14.7 Å². The third kappa shape index (κ3) is 4.63. The van der Waals surface area contributed by atoms with Gasteiger partial charge in [-0.25, -0.2) is 4.79 Å². The lowest BCUT2D eigenvalue weighted by Gasteiger charge is -2.28. The highest BCUT2D eigenvalue weighted by atomic mass is 32.2. The maximum absolute atomic E-state index is 12.7. The minimum atomic E-state index is -0.900. The molecule has 0 spiro atoms. The van der Waals surface area contributed by atoms with E-state index in [1.807, 2.05) is 31.4 Å². The molecule has 2 rings (SSSR count). The molecule has 0 bridgehead atoms. The first kappa shape index (κ1) is 20.8. The monoisotopic (exact) mass is 387 g/mol. The highest BCUT2D eigenvalue weighted by Gasteiger charge is 2.43. The Morgan fingerprint density at radius 1 is 1.41 bits per heavy atom. The SMILES string of the molecule is C=C/C=C(\C=C)COC(=O)N1CCC(C(=O)O)C1c1cccc(SC)c1C. The van der Waals surface area contributed by atoms with E-state index >= 15 is 0 Å². The molecule has 1 aliphatic rings. The van der Waals surface area contributed by atoms with E-state index in [4.69, 9.17) is 4.74 Å². The third-order valence-corrected chi connectivity index (χ3v) is 5.65. The fourth-order valence-corrected chi connectivity index (χ4v) is 4.01. The first-order chi connectivity index (χ1) is 12.9. The number of carboxylic acid groups (broad SMARTS) is 1. The van der Waals surface area contributed by atoms with Crippen molar-refractivity contribution in [2.45, 2.75) is 24.3 Å². The van der Waals surface area contributed by atoms with Gasteiger partial charge in [-0.1, -0.05) is 43.5 Å². The summed E-state index contributed by atoms with van der Waals surface area (Å²) in [5.41, 5.74) is 2.58. The van der Waals surface area contributed by atoms with Crippen molar-refractivity contribution < 1.29 is 19.4 Å². The fraction of sp³-hybridized carbons (Fsp3) is 0.333. The molecule has 1 saturated heterocycles. The van der Waals surface area contributed by atoms with Crippen molar-refractivity contribution in [1.29, 1.82) is 0 Å². The Labute approximate surface area is 164 Å². The summed E-state index contributed by atoms with van der Waals surface area (Å²) in [5, 5.41) is 9.67. The van der Waals surface area contributed by atoms with Gasteiger partial charge in [0, 0.05) is 11.4 Å². The molecule has 27 heavy (non-hydrogen) atoms. The van der Waals surface area contributed by atoms with Crippen LogP contribution < -0.4 is 0 Å². The van der Waals surface area contributed by atoms with Crippen LogP contribution in [0.5, 0.6) is 0 Å². The highest BCUT2D eigenvalue weighted by Crippen LogP contribution is 2.41. The van der Waals surface area contributed by atoms with Crippen LogP contribution in [-0.4, -0.2) is 41.5 Å². The molecule has 1 heterocycles. The lowest BCUT2D eigenvalue weighted by atomic mass is 9.91. The molecule has 1 aromatic carbocycles. The molecule has 2 atom stereocenters. The second-order valence-corrected chi connectivity index (χ2v) is 7.13. The van der Waals surface area contributed by atoms with Gasteiger partial charge in [-0.15, -0.1) is 11.8 Å². The molecule has 0 radical (unpaired) electrons. The Hall–Kier alpha value is -2.47. The smallest absolute Gasteiger partial charge is 0.410 e. The number of aliphatic carboxylic acids is 1. The number of carbonyl (C=O) groups is 2. The second-order valence-electron chi connectivity index (χ2n) is 6.28. The normalized spacial score (nSPS) is 19.6. The first-order valence-corrected chi connectivity index (χ1v) is 9.90. The summed E-state index contributed by atoms with van der Waals surface area (Å²) in [7, 11) is 0. The second kappa shape index (κ2) is 9.46. The zero-order valence-electron chi connectivity index (χ0n) is 15.7. The van der Waals surface area contributed by atoms with Crippen LogP contribution in [0.3, 0.4) is 0 Å². The van der Waals surface area contributed by atoms with Gasteiger partial charge in [0.2, 0.25) is 0 Å². The number of thioether (sulfide) groups is 1. The van der Waals surface area contributed by atoms with Crippen LogP contribution in [0.2, 0.25) is 0 Å². The number of allylic oxidation sites excluding steroid dienone is 2. The Morgan fingerprint density at radius 2 is 2.15 bits per heavy atom. The minimum Gasteiger partial charge on any atom is -0.481 e. The standard InChI is InChI=1S/C21H25NO4S/c1-5-8-15(6-2)13-26-21(25)22-12-11-17(20(23)24)19(22)16-9-7-10-18(27-4)14(16)3/h5-10,17,19H,1-2,11-13H2,3-4H3,(H,23,24)/b15-8+. The Balaban J connectivity index is 2.31. The number of hydrogen-bond acceptors (Lipinski definition) is 4. The quantitative estimate of drug-likeness (QED) is 0.547. The molecule has 1 N–H and O–H groups in total. The number of carbonyl (C=O) groups excluding carboxylic acids is 1. The number of ether oxygens (including phenoxy) is 1. The topological polar surface area (TPSA) is 66.8 Å². The summed E-state index contributed by atoms with van der Waals surface area (Å²) >= 11 is 1.60. The lowest BCUT2D eigenvalue weighted by Crippen LogP contribution is -2.34. The fourth-order valence-electron chi connectivity index (χ4n) is 3.37. The average Bonchev–Trinajstić information content (AvgIpc) is 3.10. The summed E-state index contributed by atoms with van der Waals surface area (Å²) < 4.78 is 5.41. The van der Waals surface area contributed by atoms with E-state index in [2.05, 4.69) is 13.2 Å². The summed E-state index contributed by atoms with van der Waals surface area (Å²) in [5.74, 6) is -1.56. The van der Waals surface area contributed by atoms with Crippen molar-refractivity contribution >= 4 is 23.8 Å². The van der Waals surface area contributed by atoms with Crippen molar-refractivity contribution in [3.63, 3.8) is 0 Å². The molecule has 0 aromatic heterocycles. The van der Waals surface area contributed by atoms with E-state index in [1.165, 1.54) is 4.90 Å². The van der Waals surface area contributed by atoms with Crippen LogP contribution in [0, 0.1) is 12.8 Å². The van der Waals surface area contributed by atoms with Crippen molar-refractivity contribution in [1.82, 2.24) is 4.90 Å². The van der Waals surface area contributed by atoms with Crippen LogP contribution in [0.4, 0.5) is 4.79 Å². The van der Waals surface area contributed by atoms with Crippen molar-refractivity contribution in [2.75, 3.05) is 19.4 Å².